The van der Waals surface area contributed by atoms with Gasteiger partial charge in [-0.1, -0.05) is 23.4 Å². The molecule has 27 heavy (non-hydrogen) atoms. The molecule has 1 aromatic carbocycles. The van der Waals surface area contributed by atoms with Gasteiger partial charge in [-0.2, -0.15) is 0 Å². The molecule has 0 bridgehead atoms. The highest BCUT2D eigenvalue weighted by Crippen LogP contribution is 2.27. The fourth-order valence-corrected chi connectivity index (χ4v) is 3.78. The Morgan fingerprint density at radius 3 is 2.59 bits per heavy atom. The summed E-state index contributed by atoms with van der Waals surface area (Å²) in [6.07, 6.45) is 6.63. The van der Waals surface area contributed by atoms with Crippen molar-refractivity contribution in [3.05, 3.63) is 42.2 Å². The first-order valence-electron chi connectivity index (χ1n) is 9.37. The average molecular weight is 392 g/mol. The van der Waals surface area contributed by atoms with Crippen LogP contribution in [0.1, 0.15) is 48.6 Å². The van der Waals surface area contributed by atoms with Crippen LogP contribution in [0, 0.1) is 0 Å². The molecular formula is C19H26ClN5O2. The molecular weight excluding hydrogens is 366 g/mol. The molecule has 0 spiro atoms. The number of hydrogen-bond acceptors (Lipinski definition) is 5. The van der Waals surface area contributed by atoms with Gasteiger partial charge in [0.1, 0.15) is 11.9 Å². The molecule has 2 heterocycles. The smallest absolute Gasteiger partial charge is 0.276 e. The number of likely N-dealkylation sites (tertiary alicyclic amines) is 1. The topological polar surface area (TPSA) is 86.3 Å². The Hall–Kier alpha value is -2.12. The zero-order valence-electron chi connectivity index (χ0n) is 15.2. The maximum absolute atomic E-state index is 12.7. The number of nitrogens with zero attached hydrogens (tertiary/aromatic N) is 4. The molecule has 2 aliphatic rings. The third kappa shape index (κ3) is 4.59. The zero-order chi connectivity index (χ0) is 17.9. The molecule has 2 aromatic rings. The van der Waals surface area contributed by atoms with E-state index < -0.39 is 0 Å². The summed E-state index contributed by atoms with van der Waals surface area (Å²) in [5.74, 6) is 0.774. The van der Waals surface area contributed by atoms with E-state index in [9.17, 15) is 4.79 Å². The van der Waals surface area contributed by atoms with E-state index in [2.05, 4.69) is 10.3 Å². The summed E-state index contributed by atoms with van der Waals surface area (Å²) < 4.78 is 7.80. The fourth-order valence-electron chi connectivity index (χ4n) is 3.78. The van der Waals surface area contributed by atoms with E-state index in [4.69, 9.17) is 10.5 Å². The molecule has 1 aliphatic carbocycles. The molecule has 1 aromatic heterocycles. The van der Waals surface area contributed by atoms with Crippen molar-refractivity contribution < 1.29 is 9.53 Å². The predicted molar refractivity (Wildman–Crippen MR) is 104 cm³/mol. The lowest BCUT2D eigenvalue weighted by atomic mass is 9.92. The third-order valence-corrected chi connectivity index (χ3v) is 5.32. The number of ether oxygens (including phenoxy) is 1. The molecule has 0 radical (unpaired) electrons. The molecule has 2 N–H and O–H groups in total. The number of halogens is 1. The molecule has 7 nitrogen and oxygen atoms in total. The van der Waals surface area contributed by atoms with Crippen molar-refractivity contribution in [2.45, 2.75) is 50.3 Å². The number of aromatic nitrogens is 3. The van der Waals surface area contributed by atoms with Gasteiger partial charge >= 0.3 is 0 Å². The number of hydrogen-bond donors (Lipinski definition) is 1. The Morgan fingerprint density at radius 2 is 1.85 bits per heavy atom. The molecule has 2 fully saturated rings. The van der Waals surface area contributed by atoms with Gasteiger partial charge in [-0.15, -0.1) is 17.5 Å². The van der Waals surface area contributed by atoms with Crippen LogP contribution in [-0.2, 0) is 0 Å². The fraction of sp³-hybridized carbons (Fsp3) is 0.526. The van der Waals surface area contributed by atoms with Gasteiger partial charge in [0.15, 0.2) is 5.69 Å². The van der Waals surface area contributed by atoms with Gasteiger partial charge in [-0.25, -0.2) is 4.68 Å². The van der Waals surface area contributed by atoms with Crippen LogP contribution in [0.4, 0.5) is 0 Å². The van der Waals surface area contributed by atoms with E-state index in [1.165, 1.54) is 0 Å². The van der Waals surface area contributed by atoms with Crippen molar-refractivity contribution in [1.29, 1.82) is 0 Å². The minimum atomic E-state index is -0.0667. The summed E-state index contributed by atoms with van der Waals surface area (Å²) in [7, 11) is 0. The highest BCUT2D eigenvalue weighted by molar-refractivity contribution is 5.92. The van der Waals surface area contributed by atoms with Gasteiger partial charge in [0.05, 0.1) is 18.8 Å². The summed E-state index contributed by atoms with van der Waals surface area (Å²) in [4.78, 5) is 14.5. The lowest BCUT2D eigenvalue weighted by Crippen LogP contribution is -2.31. The highest BCUT2D eigenvalue weighted by atomic mass is 35.5. The van der Waals surface area contributed by atoms with E-state index in [1.807, 2.05) is 35.0 Å². The number of benzene rings is 1. The van der Waals surface area contributed by atoms with Crippen LogP contribution in [0.3, 0.4) is 0 Å². The van der Waals surface area contributed by atoms with Crippen LogP contribution in [0.2, 0.25) is 0 Å². The molecule has 8 heteroatoms. The van der Waals surface area contributed by atoms with Crippen LogP contribution in [0.25, 0.3) is 0 Å². The van der Waals surface area contributed by atoms with Crippen LogP contribution >= 0.6 is 12.4 Å². The first-order valence-corrected chi connectivity index (χ1v) is 9.37. The number of nitrogens with two attached hydrogens (primary N) is 1. The molecule has 1 atom stereocenters. The first kappa shape index (κ1) is 19.6. The third-order valence-electron chi connectivity index (χ3n) is 5.32. The number of amides is 1. The molecule has 4 rings (SSSR count). The van der Waals surface area contributed by atoms with Gasteiger partial charge < -0.3 is 15.4 Å². The summed E-state index contributed by atoms with van der Waals surface area (Å²) in [5.41, 5.74) is 6.38. The molecule has 1 aliphatic heterocycles. The minimum absolute atomic E-state index is 0. The number of rotatable bonds is 4. The molecule has 1 unspecified atom stereocenters. The van der Waals surface area contributed by atoms with Gasteiger partial charge in [-0.3, -0.25) is 4.79 Å². The molecule has 1 saturated carbocycles. The normalized spacial score (nSPS) is 25.1. The van der Waals surface area contributed by atoms with Gasteiger partial charge in [-0.05, 0) is 37.8 Å². The maximum atomic E-state index is 12.7. The maximum Gasteiger partial charge on any atom is 0.276 e. The van der Waals surface area contributed by atoms with Crippen LogP contribution < -0.4 is 10.5 Å². The summed E-state index contributed by atoms with van der Waals surface area (Å²) in [5, 5.41) is 8.30. The predicted octanol–water partition coefficient (Wildman–Crippen LogP) is 2.44. The summed E-state index contributed by atoms with van der Waals surface area (Å²) >= 11 is 0. The van der Waals surface area contributed by atoms with Crippen LogP contribution in [-0.4, -0.2) is 51.0 Å². The Kier molecular flexibility index (Phi) is 6.34. The molecule has 1 amide bonds. The van der Waals surface area contributed by atoms with E-state index in [-0.39, 0.29) is 24.4 Å². The highest BCUT2D eigenvalue weighted by Gasteiger charge is 2.30. The summed E-state index contributed by atoms with van der Waals surface area (Å²) in [6.45, 7) is 1.26. The second kappa shape index (κ2) is 8.71. The monoisotopic (exact) mass is 391 g/mol. The van der Waals surface area contributed by atoms with E-state index in [0.29, 0.717) is 30.9 Å². The average Bonchev–Trinajstić information content (AvgIpc) is 3.33. The number of carbonyl (C=O) groups excluding carboxylic acids is 1. The van der Waals surface area contributed by atoms with Crippen molar-refractivity contribution >= 4 is 18.3 Å². The number of para-hydroxylation sites is 1. The zero-order valence-corrected chi connectivity index (χ0v) is 16.1. The van der Waals surface area contributed by atoms with Crippen molar-refractivity contribution in [1.82, 2.24) is 19.9 Å². The quantitative estimate of drug-likeness (QED) is 0.864. The van der Waals surface area contributed by atoms with Crippen LogP contribution in [0.5, 0.6) is 5.75 Å². The van der Waals surface area contributed by atoms with E-state index in [0.717, 1.165) is 37.9 Å². The Labute approximate surface area is 165 Å². The second-order valence-electron chi connectivity index (χ2n) is 7.25. The van der Waals surface area contributed by atoms with Crippen molar-refractivity contribution in [3.63, 3.8) is 0 Å². The lowest BCUT2D eigenvalue weighted by molar-refractivity contribution is 0.0766. The van der Waals surface area contributed by atoms with Crippen molar-refractivity contribution in [2.75, 3.05) is 13.1 Å². The minimum Gasteiger partial charge on any atom is -0.489 e. The van der Waals surface area contributed by atoms with Gasteiger partial charge in [0, 0.05) is 19.0 Å². The Morgan fingerprint density at radius 1 is 1.11 bits per heavy atom. The largest absolute Gasteiger partial charge is 0.489 e. The SMILES string of the molecule is Cl.NC1CCC(n2cc(C(=O)N3CCC(Oc4ccccc4)C3)nn2)CC1. The van der Waals surface area contributed by atoms with Crippen LogP contribution in [0.15, 0.2) is 36.5 Å². The Balaban J connectivity index is 0.00000210. The van der Waals surface area contributed by atoms with Crippen molar-refractivity contribution in [2.24, 2.45) is 5.73 Å². The van der Waals surface area contributed by atoms with E-state index in [1.54, 1.807) is 11.1 Å². The molecule has 146 valence electrons. The summed E-state index contributed by atoms with van der Waals surface area (Å²) in [6, 6.07) is 10.3. The van der Waals surface area contributed by atoms with Crippen molar-refractivity contribution in [3.8, 4) is 5.75 Å². The lowest BCUT2D eigenvalue weighted by Gasteiger charge is -2.25. The standard InChI is InChI=1S/C19H25N5O2.ClH/c20-14-6-8-15(9-7-14)24-13-18(21-22-24)19(25)23-11-10-17(12-23)26-16-4-2-1-3-5-16;/h1-5,13-15,17H,6-12,20H2;1H. The van der Waals surface area contributed by atoms with E-state index >= 15 is 0 Å². The number of carbonyl (C=O) groups is 1. The Bertz CT molecular complexity index is 746. The van der Waals surface area contributed by atoms with Gasteiger partial charge in [0.25, 0.3) is 5.91 Å². The van der Waals surface area contributed by atoms with Gasteiger partial charge in [0.2, 0.25) is 0 Å². The second-order valence-corrected chi connectivity index (χ2v) is 7.25. The first-order chi connectivity index (χ1) is 12.7. The molecule has 1 saturated heterocycles.